The van der Waals surface area contributed by atoms with Crippen molar-refractivity contribution in [2.24, 2.45) is 0 Å². The number of anilines is 1. The van der Waals surface area contributed by atoms with Gasteiger partial charge in [0.25, 0.3) is 0 Å². The maximum absolute atomic E-state index is 13.1. The summed E-state index contributed by atoms with van der Waals surface area (Å²) in [6, 6.07) is 2.67. The number of hydrogen-bond donors (Lipinski definition) is 2. The lowest BCUT2D eigenvalue weighted by molar-refractivity contribution is -0.119. The van der Waals surface area contributed by atoms with Crippen LogP contribution >= 0.6 is 0 Å². The summed E-state index contributed by atoms with van der Waals surface area (Å²) in [6.07, 6.45) is 0. The lowest BCUT2D eigenvalue weighted by Crippen LogP contribution is -2.30. The number of rotatable bonds is 4. The number of carbonyl (C=O) groups excluding carboxylic acids is 1. The number of nitrogens with zero attached hydrogens (tertiary/aromatic N) is 1. The summed E-state index contributed by atoms with van der Waals surface area (Å²) in [4.78, 5) is 11.0. The molecule has 0 heterocycles. The molecule has 2 N–H and O–H groups in total. The molecule has 7 heteroatoms. The lowest BCUT2D eigenvalue weighted by Gasteiger charge is -2.07. The topological polar surface area (TPSA) is 64.9 Å². The summed E-state index contributed by atoms with van der Waals surface area (Å²) in [7, 11) is 0. The molecular weight excluding hydrogens is 235 g/mol. The Balaban J connectivity index is 2.61. The highest BCUT2D eigenvalue weighted by Crippen LogP contribution is 2.17. The van der Waals surface area contributed by atoms with Crippen molar-refractivity contribution < 1.29 is 18.0 Å². The molecule has 4 nitrogen and oxygen atoms in total. The molecule has 0 atom stereocenters. The van der Waals surface area contributed by atoms with E-state index < -0.39 is 23.4 Å². The fourth-order valence-electron chi connectivity index (χ4n) is 1.03. The second-order valence-corrected chi connectivity index (χ2v) is 3.03. The van der Waals surface area contributed by atoms with Crippen LogP contribution in [-0.4, -0.2) is 19.0 Å². The normalized spacial score (nSPS) is 9.53. The monoisotopic (exact) mass is 243 g/mol. The van der Waals surface area contributed by atoms with Crippen molar-refractivity contribution in [1.82, 2.24) is 5.32 Å². The van der Waals surface area contributed by atoms with Crippen LogP contribution in [0.15, 0.2) is 12.1 Å². The molecule has 1 aromatic carbocycles. The summed E-state index contributed by atoms with van der Waals surface area (Å²) in [6.45, 7) is -0.523. The van der Waals surface area contributed by atoms with Gasteiger partial charge in [0.15, 0.2) is 11.6 Å². The standard InChI is InChI=1S/C10H8F3N3O/c11-6-3-8(13)9(4-7(6)12)16-5-10(17)15-2-1-14/h3-4,16H,2,5H2,(H,15,17). The largest absolute Gasteiger partial charge is 0.374 e. The third-order valence-corrected chi connectivity index (χ3v) is 1.81. The van der Waals surface area contributed by atoms with E-state index in [9.17, 15) is 18.0 Å². The molecule has 90 valence electrons. The minimum Gasteiger partial charge on any atom is -0.374 e. The van der Waals surface area contributed by atoms with Gasteiger partial charge in [-0.05, 0) is 0 Å². The molecule has 0 bridgehead atoms. The Hall–Kier alpha value is -2.23. The van der Waals surface area contributed by atoms with Gasteiger partial charge < -0.3 is 10.6 Å². The zero-order valence-corrected chi connectivity index (χ0v) is 8.56. The van der Waals surface area contributed by atoms with Crippen LogP contribution in [0.2, 0.25) is 0 Å². The Morgan fingerprint density at radius 2 is 1.88 bits per heavy atom. The summed E-state index contributed by atoms with van der Waals surface area (Å²) < 4.78 is 38.4. The van der Waals surface area contributed by atoms with Crippen LogP contribution < -0.4 is 10.6 Å². The molecule has 0 radical (unpaired) electrons. The molecule has 1 rings (SSSR count). The van der Waals surface area contributed by atoms with Crippen molar-refractivity contribution in [2.75, 3.05) is 18.4 Å². The van der Waals surface area contributed by atoms with Gasteiger partial charge in [-0.2, -0.15) is 5.26 Å². The highest BCUT2D eigenvalue weighted by atomic mass is 19.2. The summed E-state index contributed by atoms with van der Waals surface area (Å²) in [5.74, 6) is -4.08. The molecule has 1 aromatic rings. The van der Waals surface area contributed by atoms with E-state index in [0.29, 0.717) is 12.1 Å². The number of hydrogen-bond acceptors (Lipinski definition) is 3. The number of nitriles is 1. The van der Waals surface area contributed by atoms with E-state index in [1.165, 1.54) is 0 Å². The average molecular weight is 243 g/mol. The Morgan fingerprint density at radius 1 is 1.24 bits per heavy atom. The predicted molar refractivity (Wildman–Crippen MR) is 53.4 cm³/mol. The Bertz CT molecular complexity index is 471. The Kier molecular flexibility index (Phi) is 4.34. The molecule has 0 fully saturated rings. The van der Waals surface area contributed by atoms with E-state index in [1.54, 1.807) is 6.07 Å². The first-order valence-corrected chi connectivity index (χ1v) is 4.56. The van der Waals surface area contributed by atoms with Crippen LogP contribution in [0.3, 0.4) is 0 Å². The Morgan fingerprint density at radius 3 is 2.53 bits per heavy atom. The summed E-state index contributed by atoms with van der Waals surface area (Å²) in [5.41, 5.74) is -0.323. The van der Waals surface area contributed by atoms with E-state index in [1.807, 2.05) is 0 Å². The zero-order chi connectivity index (χ0) is 12.8. The molecule has 17 heavy (non-hydrogen) atoms. The third kappa shape index (κ3) is 3.68. The highest BCUT2D eigenvalue weighted by Gasteiger charge is 2.10. The van der Waals surface area contributed by atoms with Gasteiger partial charge >= 0.3 is 0 Å². The van der Waals surface area contributed by atoms with Gasteiger partial charge in [-0.25, -0.2) is 13.2 Å². The van der Waals surface area contributed by atoms with Gasteiger partial charge in [0, 0.05) is 12.1 Å². The average Bonchev–Trinajstić information content (AvgIpc) is 2.29. The van der Waals surface area contributed by atoms with Gasteiger partial charge in [0.2, 0.25) is 5.91 Å². The smallest absolute Gasteiger partial charge is 0.240 e. The van der Waals surface area contributed by atoms with Gasteiger partial charge in [-0.1, -0.05) is 0 Å². The Labute approximate surface area is 95.0 Å². The van der Waals surface area contributed by atoms with Crippen molar-refractivity contribution in [3.05, 3.63) is 29.6 Å². The van der Waals surface area contributed by atoms with E-state index in [0.717, 1.165) is 0 Å². The molecule has 0 saturated heterocycles. The van der Waals surface area contributed by atoms with Gasteiger partial charge in [-0.15, -0.1) is 0 Å². The fourth-order valence-corrected chi connectivity index (χ4v) is 1.03. The molecule has 1 amide bonds. The summed E-state index contributed by atoms with van der Waals surface area (Å²) >= 11 is 0. The number of halogens is 3. The SMILES string of the molecule is N#CCNC(=O)CNc1cc(F)c(F)cc1F. The second-order valence-electron chi connectivity index (χ2n) is 3.03. The van der Waals surface area contributed by atoms with Crippen LogP contribution in [-0.2, 0) is 4.79 Å². The number of nitrogens with one attached hydrogen (secondary N) is 2. The van der Waals surface area contributed by atoms with E-state index in [-0.39, 0.29) is 18.8 Å². The van der Waals surface area contributed by atoms with E-state index in [4.69, 9.17) is 5.26 Å². The summed E-state index contributed by atoms with van der Waals surface area (Å²) in [5, 5.41) is 12.7. The van der Waals surface area contributed by atoms with Gasteiger partial charge in [-0.3, -0.25) is 4.79 Å². The first-order chi connectivity index (χ1) is 8.04. The van der Waals surface area contributed by atoms with Crippen molar-refractivity contribution in [2.45, 2.75) is 0 Å². The van der Waals surface area contributed by atoms with Crippen molar-refractivity contribution in [1.29, 1.82) is 5.26 Å². The first kappa shape index (κ1) is 12.8. The third-order valence-electron chi connectivity index (χ3n) is 1.81. The number of benzene rings is 1. The van der Waals surface area contributed by atoms with Crippen LogP contribution in [0.1, 0.15) is 0 Å². The molecule has 0 saturated carbocycles. The second kappa shape index (κ2) is 5.75. The van der Waals surface area contributed by atoms with Crippen LogP contribution in [0, 0.1) is 28.8 Å². The molecule has 0 aliphatic carbocycles. The van der Waals surface area contributed by atoms with E-state index >= 15 is 0 Å². The van der Waals surface area contributed by atoms with Crippen LogP contribution in [0.4, 0.5) is 18.9 Å². The minimum absolute atomic E-state index is 0.180. The molecule has 0 aliphatic heterocycles. The minimum atomic E-state index is -1.30. The van der Waals surface area contributed by atoms with Gasteiger partial charge in [0.05, 0.1) is 18.3 Å². The fraction of sp³-hybridized carbons (Fsp3) is 0.200. The molecule has 0 spiro atoms. The van der Waals surface area contributed by atoms with Gasteiger partial charge in [0.1, 0.15) is 12.4 Å². The molecular formula is C10H8F3N3O. The first-order valence-electron chi connectivity index (χ1n) is 4.56. The zero-order valence-electron chi connectivity index (χ0n) is 8.56. The quantitative estimate of drug-likeness (QED) is 0.616. The number of carbonyl (C=O) groups is 1. The lowest BCUT2D eigenvalue weighted by atomic mass is 10.3. The van der Waals surface area contributed by atoms with Crippen LogP contribution in [0.25, 0.3) is 0 Å². The number of amides is 1. The maximum Gasteiger partial charge on any atom is 0.240 e. The maximum atomic E-state index is 13.1. The molecule has 0 aromatic heterocycles. The molecule has 0 unspecified atom stereocenters. The van der Waals surface area contributed by atoms with Crippen molar-refractivity contribution >= 4 is 11.6 Å². The highest BCUT2D eigenvalue weighted by molar-refractivity contribution is 5.80. The van der Waals surface area contributed by atoms with Crippen molar-refractivity contribution in [3.63, 3.8) is 0 Å². The molecule has 0 aliphatic rings. The van der Waals surface area contributed by atoms with Crippen LogP contribution in [0.5, 0.6) is 0 Å². The predicted octanol–water partition coefficient (Wildman–Crippen LogP) is 1.16. The van der Waals surface area contributed by atoms with E-state index in [2.05, 4.69) is 10.6 Å². The van der Waals surface area contributed by atoms with Crippen molar-refractivity contribution in [3.8, 4) is 6.07 Å².